The lowest BCUT2D eigenvalue weighted by Gasteiger charge is -2.23. The lowest BCUT2D eigenvalue weighted by molar-refractivity contribution is 0.300. The van der Waals surface area contributed by atoms with E-state index >= 15 is 0 Å². The summed E-state index contributed by atoms with van der Waals surface area (Å²) < 4.78 is 0. The summed E-state index contributed by atoms with van der Waals surface area (Å²) in [7, 11) is 3.68. The minimum absolute atomic E-state index is 0.00964. The van der Waals surface area contributed by atoms with Gasteiger partial charge in [-0.2, -0.15) is 15.0 Å². The molecular weight excluding hydrogens is 268 g/mol. The molecule has 1 heterocycles. The van der Waals surface area contributed by atoms with Crippen molar-refractivity contribution >= 4 is 17.8 Å². The van der Waals surface area contributed by atoms with E-state index in [0.717, 1.165) is 5.56 Å². The number of benzene rings is 1. The van der Waals surface area contributed by atoms with E-state index in [1.165, 1.54) is 0 Å². The van der Waals surface area contributed by atoms with Crippen molar-refractivity contribution < 1.29 is 5.11 Å². The van der Waals surface area contributed by atoms with Crippen LogP contribution in [-0.4, -0.2) is 47.3 Å². The predicted molar refractivity (Wildman–Crippen MR) is 83.1 cm³/mol. The van der Waals surface area contributed by atoms with Gasteiger partial charge in [-0.15, -0.1) is 0 Å². The van der Waals surface area contributed by atoms with E-state index in [1.807, 2.05) is 49.3 Å². The van der Waals surface area contributed by atoms with Gasteiger partial charge in [0, 0.05) is 27.2 Å². The first kappa shape index (κ1) is 15.0. The Morgan fingerprint density at radius 3 is 2.33 bits per heavy atom. The molecule has 2 aromatic rings. The van der Waals surface area contributed by atoms with Crippen molar-refractivity contribution in [1.29, 1.82) is 0 Å². The summed E-state index contributed by atoms with van der Waals surface area (Å²) in [5, 5.41) is 9.27. The van der Waals surface area contributed by atoms with Crippen molar-refractivity contribution in [2.75, 3.05) is 42.8 Å². The first-order valence-corrected chi connectivity index (χ1v) is 6.68. The van der Waals surface area contributed by atoms with Crippen molar-refractivity contribution in [3.05, 3.63) is 35.9 Å². The predicted octanol–water partition coefficient (Wildman–Crippen LogP) is 0.519. The maximum absolute atomic E-state index is 9.27. The smallest absolute Gasteiger partial charge is 0.232 e. The third-order valence-electron chi connectivity index (χ3n) is 2.90. The number of hydrogen-bond acceptors (Lipinski definition) is 7. The monoisotopic (exact) mass is 288 g/mol. The Morgan fingerprint density at radius 1 is 1.05 bits per heavy atom. The molecule has 0 atom stereocenters. The van der Waals surface area contributed by atoms with Crippen molar-refractivity contribution in [2.45, 2.75) is 6.54 Å². The van der Waals surface area contributed by atoms with Gasteiger partial charge in [-0.1, -0.05) is 30.3 Å². The molecule has 112 valence electrons. The molecule has 2 rings (SSSR count). The highest BCUT2D eigenvalue weighted by Gasteiger charge is 2.13. The van der Waals surface area contributed by atoms with Gasteiger partial charge < -0.3 is 20.6 Å². The molecule has 0 aliphatic carbocycles. The first-order chi connectivity index (χ1) is 10.1. The summed E-state index contributed by atoms with van der Waals surface area (Å²) in [6, 6.07) is 9.94. The normalized spacial score (nSPS) is 10.4. The number of anilines is 3. The lowest BCUT2D eigenvalue weighted by atomic mass is 10.2. The van der Waals surface area contributed by atoms with Crippen LogP contribution in [0.2, 0.25) is 0 Å². The molecule has 0 radical (unpaired) electrons. The van der Waals surface area contributed by atoms with E-state index in [0.29, 0.717) is 25.0 Å². The quantitative estimate of drug-likeness (QED) is 0.800. The van der Waals surface area contributed by atoms with E-state index < -0.39 is 0 Å². The molecule has 1 aromatic heterocycles. The number of nitrogens with zero attached hydrogens (tertiary/aromatic N) is 5. The van der Waals surface area contributed by atoms with E-state index in [9.17, 15) is 5.11 Å². The zero-order valence-electron chi connectivity index (χ0n) is 12.3. The van der Waals surface area contributed by atoms with Gasteiger partial charge in [-0.05, 0) is 5.56 Å². The Bertz CT molecular complexity index is 575. The van der Waals surface area contributed by atoms with Crippen molar-refractivity contribution in [3.8, 4) is 0 Å². The minimum Gasteiger partial charge on any atom is -0.395 e. The van der Waals surface area contributed by atoms with Gasteiger partial charge in [0.05, 0.1) is 6.61 Å². The van der Waals surface area contributed by atoms with E-state index in [2.05, 4.69) is 15.0 Å². The molecule has 0 saturated heterocycles. The van der Waals surface area contributed by atoms with Crippen LogP contribution >= 0.6 is 0 Å². The molecule has 0 fully saturated rings. The molecule has 1 aromatic carbocycles. The molecule has 0 unspecified atom stereocenters. The molecule has 7 nitrogen and oxygen atoms in total. The van der Waals surface area contributed by atoms with E-state index in [1.54, 1.807) is 4.90 Å². The van der Waals surface area contributed by atoms with Crippen molar-refractivity contribution in [3.63, 3.8) is 0 Å². The molecule has 0 amide bonds. The average molecular weight is 288 g/mol. The highest BCUT2D eigenvalue weighted by molar-refractivity contribution is 5.43. The molecule has 0 aliphatic heterocycles. The number of rotatable bonds is 6. The number of aliphatic hydroxyl groups is 1. The fraction of sp³-hybridized carbons (Fsp3) is 0.357. The summed E-state index contributed by atoms with van der Waals surface area (Å²) in [6.07, 6.45) is 0. The van der Waals surface area contributed by atoms with Crippen LogP contribution in [0.5, 0.6) is 0 Å². The molecule has 3 N–H and O–H groups in total. The Hall–Kier alpha value is -2.41. The third-order valence-corrected chi connectivity index (χ3v) is 2.90. The molecule has 0 bridgehead atoms. The number of nitrogens with two attached hydrogens (primary N) is 1. The Balaban J connectivity index is 2.29. The largest absolute Gasteiger partial charge is 0.395 e. The van der Waals surface area contributed by atoms with E-state index in [-0.39, 0.29) is 12.6 Å². The minimum atomic E-state index is 0.00964. The SMILES string of the molecule is CN(C)c1nc(N)nc(N(CCO)Cc2ccccc2)n1. The van der Waals surface area contributed by atoms with Gasteiger partial charge >= 0.3 is 0 Å². The maximum atomic E-state index is 9.27. The highest BCUT2D eigenvalue weighted by atomic mass is 16.3. The summed E-state index contributed by atoms with van der Waals surface area (Å²) in [4.78, 5) is 16.3. The van der Waals surface area contributed by atoms with Crippen LogP contribution in [0.4, 0.5) is 17.8 Å². The summed E-state index contributed by atoms with van der Waals surface area (Å²) in [5.41, 5.74) is 6.85. The third kappa shape index (κ3) is 4.03. The van der Waals surface area contributed by atoms with Gasteiger partial charge in [0.15, 0.2) is 0 Å². The lowest BCUT2D eigenvalue weighted by Crippen LogP contribution is -2.29. The number of aromatic nitrogens is 3. The second-order valence-electron chi connectivity index (χ2n) is 4.82. The zero-order valence-corrected chi connectivity index (χ0v) is 12.3. The Labute approximate surface area is 124 Å². The number of aliphatic hydroxyl groups excluding tert-OH is 1. The van der Waals surface area contributed by atoms with Gasteiger partial charge in [0.1, 0.15) is 0 Å². The molecule has 0 aliphatic rings. The first-order valence-electron chi connectivity index (χ1n) is 6.68. The van der Waals surface area contributed by atoms with Gasteiger partial charge in [-0.3, -0.25) is 0 Å². The van der Waals surface area contributed by atoms with Gasteiger partial charge in [-0.25, -0.2) is 0 Å². The molecule has 21 heavy (non-hydrogen) atoms. The van der Waals surface area contributed by atoms with Crippen molar-refractivity contribution in [2.24, 2.45) is 0 Å². The summed E-state index contributed by atoms with van der Waals surface area (Å²) in [5.74, 6) is 1.12. The fourth-order valence-electron chi connectivity index (χ4n) is 1.89. The zero-order chi connectivity index (χ0) is 15.2. The summed E-state index contributed by atoms with van der Waals surface area (Å²) in [6.45, 7) is 1.03. The number of hydrogen-bond donors (Lipinski definition) is 2. The average Bonchev–Trinajstić information content (AvgIpc) is 2.47. The Morgan fingerprint density at radius 2 is 1.71 bits per heavy atom. The second kappa shape index (κ2) is 6.85. The fourth-order valence-corrected chi connectivity index (χ4v) is 1.89. The van der Waals surface area contributed by atoms with Crippen LogP contribution in [0.15, 0.2) is 30.3 Å². The highest BCUT2D eigenvalue weighted by Crippen LogP contribution is 2.16. The van der Waals surface area contributed by atoms with Crippen LogP contribution in [0.1, 0.15) is 5.56 Å². The second-order valence-corrected chi connectivity index (χ2v) is 4.82. The molecular formula is C14H20N6O. The van der Waals surface area contributed by atoms with Crippen LogP contribution in [-0.2, 0) is 6.54 Å². The van der Waals surface area contributed by atoms with Crippen LogP contribution in [0.3, 0.4) is 0 Å². The van der Waals surface area contributed by atoms with Crippen LogP contribution in [0.25, 0.3) is 0 Å². The van der Waals surface area contributed by atoms with Crippen LogP contribution in [0, 0.1) is 0 Å². The maximum Gasteiger partial charge on any atom is 0.232 e. The number of nitrogen functional groups attached to an aromatic ring is 1. The van der Waals surface area contributed by atoms with E-state index in [4.69, 9.17) is 5.73 Å². The standard InChI is InChI=1S/C14H20N6O/c1-19(2)13-16-12(15)17-14(18-13)20(8-9-21)10-11-6-4-3-5-7-11/h3-7,21H,8-10H2,1-2H3,(H2,15,16,17,18). The van der Waals surface area contributed by atoms with Crippen LogP contribution < -0.4 is 15.5 Å². The topological polar surface area (TPSA) is 91.4 Å². The molecule has 7 heteroatoms. The molecule has 0 spiro atoms. The Kier molecular flexibility index (Phi) is 4.89. The summed E-state index contributed by atoms with van der Waals surface area (Å²) >= 11 is 0. The van der Waals surface area contributed by atoms with Gasteiger partial charge in [0.25, 0.3) is 0 Å². The van der Waals surface area contributed by atoms with Crippen molar-refractivity contribution in [1.82, 2.24) is 15.0 Å². The molecule has 0 saturated carbocycles. The van der Waals surface area contributed by atoms with Gasteiger partial charge in [0.2, 0.25) is 17.8 Å².